The Morgan fingerprint density at radius 3 is 2.46 bits per heavy atom. The summed E-state index contributed by atoms with van der Waals surface area (Å²) in [4.78, 5) is 9.73. The molecule has 0 aromatic rings. The lowest BCUT2D eigenvalue weighted by Gasteiger charge is -2.17. The lowest BCUT2D eigenvalue weighted by atomic mass is 9.92. The first kappa shape index (κ1) is 12.3. The molecule has 0 spiro atoms. The standard InChI is InChI=1S/C10H19NO2/c1-8(2)9(3)7-10(12)5-4-6-11-13/h4-5,8-10,12H,6-7H2,1-3H3/b5-4+/t9-,10?/m1/s1. The fraction of sp³-hybridized carbons (Fsp3) is 0.800. The minimum atomic E-state index is -0.445. The molecule has 0 aliphatic carbocycles. The van der Waals surface area contributed by atoms with Crippen LogP contribution in [-0.4, -0.2) is 17.8 Å². The van der Waals surface area contributed by atoms with Crippen molar-refractivity contribution in [3.8, 4) is 0 Å². The highest BCUT2D eigenvalue weighted by atomic mass is 16.3. The zero-order valence-electron chi connectivity index (χ0n) is 8.60. The van der Waals surface area contributed by atoms with Crippen LogP contribution in [0.15, 0.2) is 17.3 Å². The van der Waals surface area contributed by atoms with E-state index < -0.39 is 6.10 Å². The smallest absolute Gasteiger partial charge is 0.0993 e. The second-order valence-corrected chi connectivity index (χ2v) is 3.76. The first-order valence-corrected chi connectivity index (χ1v) is 4.71. The second-order valence-electron chi connectivity index (χ2n) is 3.76. The van der Waals surface area contributed by atoms with Gasteiger partial charge >= 0.3 is 0 Å². The number of aliphatic hydroxyl groups is 1. The van der Waals surface area contributed by atoms with Crippen molar-refractivity contribution in [1.82, 2.24) is 0 Å². The molecule has 3 nitrogen and oxygen atoms in total. The predicted octanol–water partition coefficient (Wildman–Crippen LogP) is 2.35. The summed E-state index contributed by atoms with van der Waals surface area (Å²) in [5.41, 5.74) is 0. The van der Waals surface area contributed by atoms with E-state index in [0.717, 1.165) is 6.42 Å². The summed E-state index contributed by atoms with van der Waals surface area (Å²) < 4.78 is 0. The third-order valence-electron chi connectivity index (χ3n) is 2.29. The van der Waals surface area contributed by atoms with E-state index in [0.29, 0.717) is 11.8 Å². The Morgan fingerprint density at radius 1 is 1.38 bits per heavy atom. The van der Waals surface area contributed by atoms with Crippen molar-refractivity contribution in [3.63, 3.8) is 0 Å². The molecule has 0 aliphatic heterocycles. The molecule has 0 amide bonds. The van der Waals surface area contributed by atoms with Crippen LogP contribution in [0.4, 0.5) is 0 Å². The van der Waals surface area contributed by atoms with Gasteiger partial charge < -0.3 is 5.11 Å². The summed E-state index contributed by atoms with van der Waals surface area (Å²) in [6.45, 7) is 6.52. The van der Waals surface area contributed by atoms with Crippen molar-refractivity contribution in [3.05, 3.63) is 17.1 Å². The fourth-order valence-corrected chi connectivity index (χ4v) is 0.993. The largest absolute Gasteiger partial charge is 0.389 e. The summed E-state index contributed by atoms with van der Waals surface area (Å²) in [7, 11) is 0. The molecule has 1 N–H and O–H groups in total. The number of rotatable bonds is 6. The van der Waals surface area contributed by atoms with Crippen LogP contribution in [0.2, 0.25) is 0 Å². The number of hydrogen-bond acceptors (Lipinski definition) is 3. The van der Waals surface area contributed by atoms with Crippen molar-refractivity contribution in [2.75, 3.05) is 6.54 Å². The van der Waals surface area contributed by atoms with Crippen LogP contribution in [0.1, 0.15) is 27.2 Å². The molecule has 0 aliphatic rings. The molecule has 0 saturated carbocycles. The Bertz CT molecular complexity index is 166. The highest BCUT2D eigenvalue weighted by Gasteiger charge is 2.10. The molecule has 0 heterocycles. The van der Waals surface area contributed by atoms with Crippen LogP contribution in [0, 0.1) is 16.7 Å². The quantitative estimate of drug-likeness (QED) is 0.510. The third kappa shape index (κ3) is 6.46. The highest BCUT2D eigenvalue weighted by Crippen LogP contribution is 2.16. The van der Waals surface area contributed by atoms with Gasteiger partial charge in [-0.2, -0.15) is 4.91 Å². The SMILES string of the molecule is CC(C)[C@H](C)CC(O)/C=C/CN=O. The summed E-state index contributed by atoms with van der Waals surface area (Å²) in [6, 6.07) is 0. The average molecular weight is 185 g/mol. The molecule has 2 atom stereocenters. The first-order valence-electron chi connectivity index (χ1n) is 4.71. The van der Waals surface area contributed by atoms with Crippen LogP contribution in [0.5, 0.6) is 0 Å². The molecular weight excluding hydrogens is 166 g/mol. The number of aliphatic hydroxyl groups excluding tert-OH is 1. The minimum absolute atomic E-state index is 0.146. The van der Waals surface area contributed by atoms with Gasteiger partial charge in [-0.3, -0.25) is 0 Å². The summed E-state index contributed by atoms with van der Waals surface area (Å²) in [6.07, 6.45) is 3.54. The Balaban J connectivity index is 3.72. The van der Waals surface area contributed by atoms with E-state index in [2.05, 4.69) is 25.9 Å². The second kappa shape index (κ2) is 6.78. The molecule has 0 saturated heterocycles. The van der Waals surface area contributed by atoms with Gasteiger partial charge in [0.05, 0.1) is 12.6 Å². The van der Waals surface area contributed by atoms with Gasteiger partial charge in [0.25, 0.3) is 0 Å². The predicted molar refractivity (Wildman–Crippen MR) is 54.4 cm³/mol. The minimum Gasteiger partial charge on any atom is -0.389 e. The van der Waals surface area contributed by atoms with Crippen molar-refractivity contribution >= 4 is 0 Å². The van der Waals surface area contributed by atoms with Gasteiger partial charge in [-0.05, 0) is 18.3 Å². The maximum atomic E-state index is 9.73. The molecule has 0 aromatic carbocycles. The van der Waals surface area contributed by atoms with E-state index >= 15 is 0 Å². The Labute approximate surface area is 79.8 Å². The summed E-state index contributed by atoms with van der Waals surface area (Å²) >= 11 is 0. The zero-order chi connectivity index (χ0) is 10.3. The number of nitrogens with zero attached hydrogens (tertiary/aromatic N) is 1. The highest BCUT2D eigenvalue weighted by molar-refractivity contribution is 4.90. The Kier molecular flexibility index (Phi) is 6.41. The Hall–Kier alpha value is -0.700. The molecule has 0 aromatic heterocycles. The van der Waals surface area contributed by atoms with E-state index in [-0.39, 0.29) is 6.54 Å². The van der Waals surface area contributed by atoms with Gasteiger partial charge in [-0.25, -0.2) is 0 Å². The maximum absolute atomic E-state index is 9.73. The molecule has 13 heavy (non-hydrogen) atoms. The topological polar surface area (TPSA) is 49.7 Å². The van der Waals surface area contributed by atoms with E-state index in [1.54, 1.807) is 12.2 Å². The summed E-state index contributed by atoms with van der Waals surface area (Å²) in [5, 5.41) is 12.1. The lowest BCUT2D eigenvalue weighted by Crippen LogP contribution is -2.13. The van der Waals surface area contributed by atoms with E-state index in [4.69, 9.17) is 0 Å². The van der Waals surface area contributed by atoms with E-state index in [1.165, 1.54) is 0 Å². The van der Waals surface area contributed by atoms with Crippen molar-refractivity contribution in [2.24, 2.45) is 17.0 Å². The third-order valence-corrected chi connectivity index (χ3v) is 2.29. The Morgan fingerprint density at radius 2 is 2.00 bits per heavy atom. The van der Waals surface area contributed by atoms with Gasteiger partial charge in [0.1, 0.15) is 0 Å². The van der Waals surface area contributed by atoms with Crippen LogP contribution >= 0.6 is 0 Å². The molecule has 0 rings (SSSR count). The average Bonchev–Trinajstić information content (AvgIpc) is 2.04. The van der Waals surface area contributed by atoms with Crippen LogP contribution < -0.4 is 0 Å². The molecule has 3 heteroatoms. The van der Waals surface area contributed by atoms with Crippen LogP contribution in [0.3, 0.4) is 0 Å². The summed E-state index contributed by atoms with van der Waals surface area (Å²) in [5.74, 6) is 1.07. The van der Waals surface area contributed by atoms with Crippen LogP contribution in [-0.2, 0) is 0 Å². The molecule has 0 fully saturated rings. The van der Waals surface area contributed by atoms with Crippen molar-refractivity contribution < 1.29 is 5.11 Å². The maximum Gasteiger partial charge on any atom is 0.0993 e. The van der Waals surface area contributed by atoms with Gasteiger partial charge in [0.2, 0.25) is 0 Å². The van der Waals surface area contributed by atoms with E-state index in [9.17, 15) is 10.0 Å². The van der Waals surface area contributed by atoms with Crippen molar-refractivity contribution in [2.45, 2.75) is 33.3 Å². The number of hydrogen-bond donors (Lipinski definition) is 1. The van der Waals surface area contributed by atoms with Gasteiger partial charge in [-0.1, -0.05) is 38.1 Å². The van der Waals surface area contributed by atoms with Gasteiger partial charge in [-0.15, -0.1) is 0 Å². The molecule has 0 radical (unpaired) electrons. The molecular formula is C10H19NO2. The monoisotopic (exact) mass is 185 g/mol. The molecule has 0 bridgehead atoms. The molecule has 76 valence electrons. The lowest BCUT2D eigenvalue weighted by molar-refractivity contribution is 0.176. The fourth-order valence-electron chi connectivity index (χ4n) is 0.993. The zero-order valence-corrected chi connectivity index (χ0v) is 8.60. The van der Waals surface area contributed by atoms with E-state index in [1.807, 2.05) is 0 Å². The number of nitroso groups, excluding NO2 is 1. The van der Waals surface area contributed by atoms with Gasteiger partial charge in [0.15, 0.2) is 0 Å². The first-order chi connectivity index (χ1) is 6.07. The van der Waals surface area contributed by atoms with Crippen molar-refractivity contribution in [1.29, 1.82) is 0 Å². The van der Waals surface area contributed by atoms with Crippen LogP contribution in [0.25, 0.3) is 0 Å². The normalized spacial score (nSPS) is 16.4. The van der Waals surface area contributed by atoms with Gasteiger partial charge in [0, 0.05) is 0 Å². The molecule has 1 unspecified atom stereocenters.